The third kappa shape index (κ3) is 2.65. The second-order valence-corrected chi connectivity index (χ2v) is 5.15. The maximum atomic E-state index is 12.3. The van der Waals surface area contributed by atoms with E-state index in [1.54, 1.807) is 6.20 Å². The van der Waals surface area contributed by atoms with E-state index in [4.69, 9.17) is 0 Å². The van der Waals surface area contributed by atoms with Gasteiger partial charge in [0.2, 0.25) is 0 Å². The minimum absolute atomic E-state index is 0.0861. The topological polar surface area (TPSA) is 46.9 Å². The van der Waals surface area contributed by atoms with Crippen molar-refractivity contribution in [1.29, 1.82) is 0 Å². The molecule has 2 aromatic heterocycles. The van der Waals surface area contributed by atoms with Crippen molar-refractivity contribution in [2.24, 2.45) is 7.05 Å². The first-order valence-corrected chi connectivity index (χ1v) is 6.89. The van der Waals surface area contributed by atoms with Crippen molar-refractivity contribution in [3.05, 3.63) is 65.6 Å². The van der Waals surface area contributed by atoms with Crippen LogP contribution in [0.25, 0.3) is 10.9 Å². The van der Waals surface area contributed by atoms with Gasteiger partial charge in [0.25, 0.3) is 5.91 Å². The van der Waals surface area contributed by atoms with Crippen molar-refractivity contribution in [1.82, 2.24) is 14.9 Å². The van der Waals surface area contributed by atoms with Crippen molar-refractivity contribution in [3.8, 4) is 0 Å². The molecule has 3 rings (SSSR count). The van der Waals surface area contributed by atoms with E-state index in [9.17, 15) is 4.79 Å². The van der Waals surface area contributed by atoms with Crippen LogP contribution in [0.4, 0.5) is 0 Å². The molecule has 21 heavy (non-hydrogen) atoms. The number of fused-ring (bicyclic) bond motifs is 1. The van der Waals surface area contributed by atoms with Gasteiger partial charge >= 0.3 is 0 Å². The molecule has 4 nitrogen and oxygen atoms in total. The molecule has 1 N–H and O–H groups in total. The number of hydrogen-bond donors (Lipinski definition) is 1. The first-order chi connectivity index (χ1) is 10.1. The molecule has 0 saturated heterocycles. The Morgan fingerprint density at radius 3 is 2.86 bits per heavy atom. The lowest BCUT2D eigenvalue weighted by Gasteiger charge is -2.06. The number of hydrogen-bond acceptors (Lipinski definition) is 2. The summed E-state index contributed by atoms with van der Waals surface area (Å²) in [5.74, 6) is -0.0861. The summed E-state index contributed by atoms with van der Waals surface area (Å²) in [4.78, 5) is 16.5. The zero-order chi connectivity index (χ0) is 14.8. The monoisotopic (exact) mass is 279 g/mol. The summed E-state index contributed by atoms with van der Waals surface area (Å²) in [5.41, 5.74) is 3.76. The first-order valence-electron chi connectivity index (χ1n) is 6.89. The van der Waals surface area contributed by atoms with Crippen LogP contribution in [-0.4, -0.2) is 15.5 Å². The highest BCUT2D eigenvalue weighted by Crippen LogP contribution is 2.20. The summed E-state index contributed by atoms with van der Waals surface area (Å²) in [6, 6.07) is 13.8. The van der Waals surface area contributed by atoms with Gasteiger partial charge in [0.1, 0.15) is 5.69 Å². The molecule has 3 aromatic rings. The second kappa shape index (κ2) is 5.40. The van der Waals surface area contributed by atoms with Crippen LogP contribution in [0.2, 0.25) is 0 Å². The lowest BCUT2D eigenvalue weighted by molar-refractivity contribution is 0.0942. The van der Waals surface area contributed by atoms with Crippen LogP contribution < -0.4 is 5.32 Å². The zero-order valence-corrected chi connectivity index (χ0v) is 12.1. The molecule has 0 atom stereocenters. The van der Waals surface area contributed by atoms with E-state index in [1.807, 2.05) is 48.9 Å². The molecule has 0 radical (unpaired) electrons. The van der Waals surface area contributed by atoms with Crippen LogP contribution in [0, 0.1) is 6.92 Å². The Bertz CT molecular complexity index is 790. The minimum atomic E-state index is -0.0861. The van der Waals surface area contributed by atoms with E-state index in [1.165, 1.54) is 5.56 Å². The maximum absolute atomic E-state index is 12.3. The van der Waals surface area contributed by atoms with Crippen molar-refractivity contribution >= 4 is 16.8 Å². The quantitative estimate of drug-likeness (QED) is 0.801. The van der Waals surface area contributed by atoms with Crippen LogP contribution in [0.1, 0.15) is 21.7 Å². The predicted octanol–water partition coefficient (Wildman–Crippen LogP) is 2.81. The lowest BCUT2D eigenvalue weighted by atomic mass is 10.2. The first kappa shape index (κ1) is 13.4. The smallest absolute Gasteiger partial charge is 0.268 e. The van der Waals surface area contributed by atoms with Gasteiger partial charge in [0.05, 0.1) is 12.2 Å². The van der Waals surface area contributed by atoms with Gasteiger partial charge in [-0.2, -0.15) is 0 Å². The number of carbonyl (C=O) groups is 1. The fourth-order valence-electron chi connectivity index (χ4n) is 2.42. The summed E-state index contributed by atoms with van der Waals surface area (Å²) in [7, 11) is 1.91. The molecule has 0 aliphatic heterocycles. The number of benzene rings is 1. The highest BCUT2D eigenvalue weighted by atomic mass is 16.1. The molecule has 0 aliphatic carbocycles. The molecule has 0 saturated carbocycles. The zero-order valence-electron chi connectivity index (χ0n) is 12.1. The van der Waals surface area contributed by atoms with Crippen LogP contribution in [0.5, 0.6) is 0 Å². The summed E-state index contributed by atoms with van der Waals surface area (Å²) < 4.78 is 1.93. The van der Waals surface area contributed by atoms with Gasteiger partial charge in [-0.05, 0) is 36.8 Å². The van der Waals surface area contributed by atoms with Crippen LogP contribution in [0.15, 0.2) is 48.7 Å². The Hall–Kier alpha value is -2.62. The summed E-state index contributed by atoms with van der Waals surface area (Å²) in [6.45, 7) is 2.48. The van der Waals surface area contributed by atoms with Crippen molar-refractivity contribution in [3.63, 3.8) is 0 Å². The van der Waals surface area contributed by atoms with Gasteiger partial charge in [0, 0.05) is 24.1 Å². The van der Waals surface area contributed by atoms with Crippen molar-refractivity contribution < 1.29 is 4.79 Å². The van der Waals surface area contributed by atoms with Crippen molar-refractivity contribution in [2.45, 2.75) is 13.5 Å². The minimum Gasteiger partial charge on any atom is -0.345 e. The van der Waals surface area contributed by atoms with Crippen LogP contribution in [0.3, 0.4) is 0 Å². The molecule has 4 heteroatoms. The number of aryl methyl sites for hydroxylation is 2. The summed E-state index contributed by atoms with van der Waals surface area (Å²) >= 11 is 0. The number of carbonyl (C=O) groups excluding carboxylic acids is 1. The molecule has 1 aromatic carbocycles. The predicted molar refractivity (Wildman–Crippen MR) is 83.1 cm³/mol. The molecule has 106 valence electrons. The maximum Gasteiger partial charge on any atom is 0.268 e. The number of amides is 1. The Labute approximate surface area is 123 Å². The third-order valence-corrected chi connectivity index (χ3v) is 3.59. The van der Waals surface area contributed by atoms with E-state index >= 15 is 0 Å². The molecule has 0 aliphatic rings. The van der Waals surface area contributed by atoms with E-state index in [2.05, 4.69) is 22.4 Å². The Kier molecular flexibility index (Phi) is 3.44. The fraction of sp³-hybridized carbons (Fsp3) is 0.176. The summed E-state index contributed by atoms with van der Waals surface area (Å²) in [6.07, 6.45) is 1.72. The Balaban J connectivity index is 1.83. The van der Waals surface area contributed by atoms with Crippen LogP contribution in [-0.2, 0) is 13.6 Å². The number of nitrogens with zero attached hydrogens (tertiary/aromatic N) is 2. The standard InChI is InChI=1S/C17H17N3O/c1-12-6-7-13-10-16(20(2)15(13)9-12)17(21)19-11-14-5-3-4-8-18-14/h3-10H,11H2,1-2H3,(H,19,21). The Morgan fingerprint density at radius 1 is 1.24 bits per heavy atom. The van der Waals surface area contributed by atoms with Gasteiger partial charge < -0.3 is 9.88 Å². The lowest BCUT2D eigenvalue weighted by Crippen LogP contribution is -2.25. The fourth-order valence-corrected chi connectivity index (χ4v) is 2.42. The van der Waals surface area contributed by atoms with Crippen LogP contribution >= 0.6 is 0 Å². The highest BCUT2D eigenvalue weighted by Gasteiger charge is 2.13. The molecule has 0 fully saturated rings. The Morgan fingerprint density at radius 2 is 2.10 bits per heavy atom. The van der Waals surface area contributed by atoms with E-state index in [0.717, 1.165) is 16.6 Å². The molecule has 1 amide bonds. The number of pyridine rings is 1. The SMILES string of the molecule is Cc1ccc2cc(C(=O)NCc3ccccn3)n(C)c2c1. The number of aromatic nitrogens is 2. The average Bonchev–Trinajstić information content (AvgIpc) is 2.83. The van der Waals surface area contributed by atoms with Gasteiger partial charge in [-0.25, -0.2) is 0 Å². The molecule has 0 bridgehead atoms. The average molecular weight is 279 g/mol. The summed E-state index contributed by atoms with van der Waals surface area (Å²) in [5, 5.41) is 3.98. The molecular formula is C17H17N3O. The largest absolute Gasteiger partial charge is 0.345 e. The molecular weight excluding hydrogens is 262 g/mol. The highest BCUT2D eigenvalue weighted by molar-refractivity contribution is 5.98. The molecule has 2 heterocycles. The number of rotatable bonds is 3. The normalized spacial score (nSPS) is 10.8. The second-order valence-electron chi connectivity index (χ2n) is 5.15. The van der Waals surface area contributed by atoms with Gasteiger partial charge in [-0.1, -0.05) is 18.2 Å². The van der Waals surface area contributed by atoms with Gasteiger partial charge in [0.15, 0.2) is 0 Å². The molecule has 0 spiro atoms. The van der Waals surface area contributed by atoms with Crippen molar-refractivity contribution in [2.75, 3.05) is 0 Å². The van der Waals surface area contributed by atoms with E-state index < -0.39 is 0 Å². The number of nitrogens with one attached hydrogen (secondary N) is 1. The van der Waals surface area contributed by atoms with E-state index in [-0.39, 0.29) is 5.91 Å². The van der Waals surface area contributed by atoms with Gasteiger partial charge in [-0.15, -0.1) is 0 Å². The van der Waals surface area contributed by atoms with Gasteiger partial charge in [-0.3, -0.25) is 9.78 Å². The van der Waals surface area contributed by atoms with E-state index in [0.29, 0.717) is 12.2 Å². The third-order valence-electron chi connectivity index (χ3n) is 3.59. The molecule has 0 unspecified atom stereocenters.